The highest BCUT2D eigenvalue weighted by atomic mass is 16.1. The molecule has 3 nitrogen and oxygen atoms in total. The number of fused-ring (bicyclic) bond motifs is 1. The minimum Gasteiger partial charge on any atom is -0.369 e. The molecule has 1 aromatic carbocycles. The zero-order valence-corrected chi connectivity index (χ0v) is 8.29. The van der Waals surface area contributed by atoms with Gasteiger partial charge in [-0.2, -0.15) is 0 Å². The molecule has 0 unspecified atom stereocenters. The third-order valence-corrected chi connectivity index (χ3v) is 2.69. The van der Waals surface area contributed by atoms with Crippen molar-refractivity contribution in [1.29, 1.82) is 0 Å². The summed E-state index contributed by atoms with van der Waals surface area (Å²) in [4.78, 5) is 14.6. The second kappa shape index (κ2) is 3.12. The van der Waals surface area contributed by atoms with Gasteiger partial charge in [-0.1, -0.05) is 18.2 Å². The first-order valence-corrected chi connectivity index (χ1v) is 5.21. The molecule has 1 aromatic heterocycles. The van der Waals surface area contributed by atoms with E-state index < -0.39 is 0 Å². The maximum absolute atomic E-state index is 11.7. The Kier molecular flexibility index (Phi) is 1.78. The molecular formula is C12H12N2O. The summed E-state index contributed by atoms with van der Waals surface area (Å²) in [7, 11) is 0. The van der Waals surface area contributed by atoms with Gasteiger partial charge in [-0.15, -0.1) is 0 Å². The molecule has 1 fully saturated rings. The Hall–Kier alpha value is -1.77. The molecule has 0 bridgehead atoms. The van der Waals surface area contributed by atoms with Crippen LogP contribution in [-0.2, 0) is 0 Å². The zero-order chi connectivity index (χ0) is 10.3. The van der Waals surface area contributed by atoms with E-state index in [4.69, 9.17) is 0 Å². The molecule has 3 heteroatoms. The number of hydrogen-bond donors (Lipinski definition) is 2. The smallest absolute Gasteiger partial charge is 0.257 e. The number of nitrogens with one attached hydrogen (secondary N) is 2. The first kappa shape index (κ1) is 8.53. The van der Waals surface area contributed by atoms with Crippen molar-refractivity contribution >= 4 is 16.6 Å². The third-order valence-electron chi connectivity index (χ3n) is 2.69. The molecule has 0 amide bonds. The number of aromatic nitrogens is 1. The standard InChI is InChI=1S/C12H12N2O/c15-12-10-4-2-1-3-8(10)7-11(14-12)13-9-5-6-9/h1-4,7,9H,5-6H2,(H2,13,14,15). The number of aromatic amines is 1. The van der Waals surface area contributed by atoms with Crippen LogP contribution in [-0.4, -0.2) is 11.0 Å². The van der Waals surface area contributed by atoms with Crippen molar-refractivity contribution in [2.45, 2.75) is 18.9 Å². The van der Waals surface area contributed by atoms with Gasteiger partial charge in [-0.05, 0) is 30.4 Å². The van der Waals surface area contributed by atoms with Gasteiger partial charge in [0.05, 0.1) is 0 Å². The van der Waals surface area contributed by atoms with Crippen LogP contribution in [0.25, 0.3) is 10.8 Å². The van der Waals surface area contributed by atoms with E-state index in [0.717, 1.165) is 16.6 Å². The van der Waals surface area contributed by atoms with Crippen LogP contribution in [0.4, 0.5) is 5.82 Å². The summed E-state index contributed by atoms with van der Waals surface area (Å²) in [6, 6.07) is 10.2. The minimum absolute atomic E-state index is 0.0174. The summed E-state index contributed by atoms with van der Waals surface area (Å²) in [5.74, 6) is 0.834. The Balaban J connectivity index is 2.13. The number of anilines is 1. The van der Waals surface area contributed by atoms with Crippen molar-refractivity contribution < 1.29 is 0 Å². The summed E-state index contributed by atoms with van der Waals surface area (Å²) < 4.78 is 0. The van der Waals surface area contributed by atoms with Crippen LogP contribution in [0.5, 0.6) is 0 Å². The largest absolute Gasteiger partial charge is 0.369 e. The van der Waals surface area contributed by atoms with Crippen LogP contribution in [0.3, 0.4) is 0 Å². The van der Waals surface area contributed by atoms with Crippen LogP contribution in [0, 0.1) is 0 Å². The second-order valence-corrected chi connectivity index (χ2v) is 4.02. The molecule has 2 N–H and O–H groups in total. The fourth-order valence-corrected chi connectivity index (χ4v) is 1.74. The molecule has 15 heavy (non-hydrogen) atoms. The van der Waals surface area contributed by atoms with Gasteiger partial charge in [0, 0.05) is 11.4 Å². The fraction of sp³-hybridized carbons (Fsp3) is 0.250. The maximum Gasteiger partial charge on any atom is 0.257 e. The molecule has 1 aliphatic rings. The topological polar surface area (TPSA) is 44.9 Å². The van der Waals surface area contributed by atoms with E-state index in [0.29, 0.717) is 6.04 Å². The van der Waals surface area contributed by atoms with E-state index in [-0.39, 0.29) is 5.56 Å². The third kappa shape index (κ3) is 1.61. The molecule has 1 saturated carbocycles. The maximum atomic E-state index is 11.7. The lowest BCUT2D eigenvalue weighted by Gasteiger charge is -2.05. The highest BCUT2D eigenvalue weighted by Crippen LogP contribution is 2.24. The molecule has 0 radical (unpaired) electrons. The average molecular weight is 200 g/mol. The molecule has 0 aliphatic heterocycles. The van der Waals surface area contributed by atoms with E-state index in [1.54, 1.807) is 0 Å². The van der Waals surface area contributed by atoms with E-state index in [1.165, 1.54) is 12.8 Å². The van der Waals surface area contributed by atoms with Gasteiger partial charge in [0.2, 0.25) is 0 Å². The molecular weight excluding hydrogens is 188 g/mol. The SMILES string of the molecule is O=c1[nH]c(NC2CC2)cc2ccccc12. The quantitative estimate of drug-likeness (QED) is 0.779. The summed E-state index contributed by atoms with van der Waals surface area (Å²) in [6.07, 6.45) is 2.41. The zero-order valence-electron chi connectivity index (χ0n) is 8.29. The Morgan fingerprint density at radius 1 is 1.27 bits per heavy atom. The second-order valence-electron chi connectivity index (χ2n) is 4.02. The Morgan fingerprint density at radius 3 is 2.87 bits per heavy atom. The predicted octanol–water partition coefficient (Wildman–Crippen LogP) is 2.10. The molecule has 1 heterocycles. The molecule has 0 saturated heterocycles. The van der Waals surface area contributed by atoms with Crippen LogP contribution in [0.15, 0.2) is 35.1 Å². The normalized spacial score (nSPS) is 15.5. The van der Waals surface area contributed by atoms with Gasteiger partial charge >= 0.3 is 0 Å². The predicted molar refractivity (Wildman–Crippen MR) is 61.2 cm³/mol. The molecule has 0 atom stereocenters. The number of pyridine rings is 1. The number of hydrogen-bond acceptors (Lipinski definition) is 2. The van der Waals surface area contributed by atoms with Gasteiger partial charge in [0.15, 0.2) is 0 Å². The van der Waals surface area contributed by atoms with Crippen molar-refractivity contribution in [1.82, 2.24) is 4.98 Å². The Morgan fingerprint density at radius 2 is 2.07 bits per heavy atom. The van der Waals surface area contributed by atoms with Crippen LogP contribution >= 0.6 is 0 Å². The number of benzene rings is 1. The molecule has 76 valence electrons. The van der Waals surface area contributed by atoms with Gasteiger partial charge < -0.3 is 10.3 Å². The summed E-state index contributed by atoms with van der Waals surface area (Å²) >= 11 is 0. The summed E-state index contributed by atoms with van der Waals surface area (Å²) in [5.41, 5.74) is -0.0174. The van der Waals surface area contributed by atoms with E-state index in [2.05, 4.69) is 10.3 Å². The average Bonchev–Trinajstić information content (AvgIpc) is 3.02. The van der Waals surface area contributed by atoms with Crippen LogP contribution in [0.2, 0.25) is 0 Å². The van der Waals surface area contributed by atoms with Gasteiger partial charge in [-0.3, -0.25) is 4.79 Å². The molecule has 0 spiro atoms. The van der Waals surface area contributed by atoms with E-state index in [9.17, 15) is 4.79 Å². The molecule has 1 aliphatic carbocycles. The lowest BCUT2D eigenvalue weighted by Crippen LogP contribution is -2.11. The van der Waals surface area contributed by atoms with Crippen molar-refractivity contribution in [3.8, 4) is 0 Å². The first-order valence-electron chi connectivity index (χ1n) is 5.21. The van der Waals surface area contributed by atoms with Crippen molar-refractivity contribution in [3.05, 3.63) is 40.7 Å². The molecule has 2 aromatic rings. The Labute approximate surface area is 87.1 Å². The molecule has 3 rings (SSSR count). The summed E-state index contributed by atoms with van der Waals surface area (Å²) in [6.45, 7) is 0. The van der Waals surface area contributed by atoms with Crippen LogP contribution < -0.4 is 10.9 Å². The van der Waals surface area contributed by atoms with Gasteiger partial charge in [0.25, 0.3) is 5.56 Å². The van der Waals surface area contributed by atoms with Gasteiger partial charge in [0.1, 0.15) is 5.82 Å². The highest BCUT2D eigenvalue weighted by Gasteiger charge is 2.21. The monoisotopic (exact) mass is 200 g/mol. The minimum atomic E-state index is -0.0174. The van der Waals surface area contributed by atoms with Crippen LogP contribution in [0.1, 0.15) is 12.8 Å². The van der Waals surface area contributed by atoms with Crippen molar-refractivity contribution in [2.75, 3.05) is 5.32 Å². The number of H-pyrrole nitrogens is 1. The first-order chi connectivity index (χ1) is 7.33. The van der Waals surface area contributed by atoms with Crippen molar-refractivity contribution in [2.24, 2.45) is 0 Å². The summed E-state index contributed by atoms with van der Waals surface area (Å²) in [5, 5.41) is 5.03. The van der Waals surface area contributed by atoms with E-state index >= 15 is 0 Å². The Bertz CT molecular complexity index is 555. The van der Waals surface area contributed by atoms with Crippen molar-refractivity contribution in [3.63, 3.8) is 0 Å². The van der Waals surface area contributed by atoms with E-state index in [1.807, 2.05) is 30.3 Å². The fourth-order valence-electron chi connectivity index (χ4n) is 1.74. The van der Waals surface area contributed by atoms with Gasteiger partial charge in [-0.25, -0.2) is 0 Å². The lowest BCUT2D eigenvalue weighted by molar-refractivity contribution is 1.11. The highest BCUT2D eigenvalue weighted by molar-refractivity contribution is 5.83. The number of rotatable bonds is 2. The lowest BCUT2D eigenvalue weighted by atomic mass is 10.2.